The number of hydrogen-bond acceptors (Lipinski definition) is 4. The molecular weight excluding hydrogens is 533 g/mol. The summed E-state index contributed by atoms with van der Waals surface area (Å²) in [4.78, 5) is 0. The second-order valence-corrected chi connectivity index (χ2v) is 13.7. The zero-order chi connectivity index (χ0) is 28.3. The number of thioether (sulfide) groups is 1. The topological polar surface area (TPSA) is 49.7 Å². The van der Waals surface area contributed by atoms with E-state index < -0.39 is 12.6 Å². The molecule has 0 bridgehead atoms. The van der Waals surface area contributed by atoms with Crippen molar-refractivity contribution in [2.75, 3.05) is 18.1 Å². The molecule has 40 heavy (non-hydrogen) atoms. The van der Waals surface area contributed by atoms with Crippen molar-refractivity contribution in [2.24, 2.45) is 17.3 Å². The average molecular weight is 577 g/mol. The lowest BCUT2D eigenvalue weighted by Crippen LogP contribution is -2.47. The number of unbranched alkanes of at least 4 members (excludes halogenated alkanes) is 2. The van der Waals surface area contributed by atoms with E-state index in [2.05, 4.69) is 37.3 Å². The van der Waals surface area contributed by atoms with E-state index in [1.807, 2.05) is 12.1 Å². The van der Waals surface area contributed by atoms with E-state index in [0.717, 1.165) is 62.9 Å². The molecule has 0 aromatic heterocycles. The Labute approximate surface area is 240 Å². The smallest absolute Gasteiger partial charge is 0.389 e. The van der Waals surface area contributed by atoms with Crippen molar-refractivity contribution < 1.29 is 28.1 Å². The lowest BCUT2D eigenvalue weighted by Gasteiger charge is -2.54. The molecule has 0 unspecified atom stereocenters. The Kier molecular flexibility index (Phi) is 9.30. The first-order valence-corrected chi connectivity index (χ1v) is 16.2. The molecule has 2 fully saturated rings. The molecule has 0 radical (unpaired) electrons. The van der Waals surface area contributed by atoms with Crippen LogP contribution in [0, 0.1) is 17.3 Å². The number of ether oxygens (including phenoxy) is 1. The van der Waals surface area contributed by atoms with Crippen molar-refractivity contribution in [1.82, 2.24) is 0 Å². The Morgan fingerprint density at radius 3 is 2.52 bits per heavy atom. The molecule has 5 rings (SSSR count). The summed E-state index contributed by atoms with van der Waals surface area (Å²) in [5.41, 5.74) is 3.88. The van der Waals surface area contributed by atoms with Crippen molar-refractivity contribution in [3.8, 4) is 11.5 Å². The molecule has 3 nitrogen and oxygen atoms in total. The fourth-order valence-electron chi connectivity index (χ4n) is 7.95. The quantitative estimate of drug-likeness (QED) is 0.263. The Morgan fingerprint density at radius 1 is 0.975 bits per heavy atom. The van der Waals surface area contributed by atoms with Crippen LogP contribution in [0.15, 0.2) is 42.5 Å². The second-order valence-electron chi connectivity index (χ2n) is 12.4. The Morgan fingerprint density at radius 2 is 1.75 bits per heavy atom. The van der Waals surface area contributed by atoms with Gasteiger partial charge in [-0.25, -0.2) is 0 Å². The third kappa shape index (κ3) is 6.61. The number of phenols is 1. The van der Waals surface area contributed by atoms with Crippen LogP contribution >= 0.6 is 11.8 Å². The number of rotatable bonds is 11. The Bertz CT molecular complexity index is 1120. The first kappa shape index (κ1) is 29.6. The van der Waals surface area contributed by atoms with Crippen LogP contribution in [0.4, 0.5) is 13.2 Å². The number of aryl methyl sites for hydroxylation is 1. The predicted molar refractivity (Wildman–Crippen MR) is 155 cm³/mol. The van der Waals surface area contributed by atoms with Crippen LogP contribution in [0.2, 0.25) is 0 Å². The van der Waals surface area contributed by atoms with Crippen molar-refractivity contribution >= 4 is 11.8 Å². The summed E-state index contributed by atoms with van der Waals surface area (Å²) in [5, 5.41) is 21.2. The third-order valence-corrected chi connectivity index (χ3v) is 11.1. The van der Waals surface area contributed by atoms with E-state index in [1.165, 1.54) is 16.7 Å². The van der Waals surface area contributed by atoms with Crippen LogP contribution in [0.5, 0.6) is 11.5 Å². The molecule has 2 aromatic rings. The lowest BCUT2D eigenvalue weighted by atomic mass is 9.51. The molecule has 0 saturated heterocycles. The number of halogens is 3. The van der Waals surface area contributed by atoms with Crippen molar-refractivity contribution in [2.45, 2.75) is 95.2 Å². The van der Waals surface area contributed by atoms with E-state index in [9.17, 15) is 23.4 Å². The highest BCUT2D eigenvalue weighted by molar-refractivity contribution is 7.99. The minimum Gasteiger partial charge on any atom is -0.508 e. The monoisotopic (exact) mass is 576 g/mol. The van der Waals surface area contributed by atoms with Gasteiger partial charge in [-0.2, -0.15) is 24.9 Å². The number of fused-ring (bicyclic) bond motifs is 5. The van der Waals surface area contributed by atoms with E-state index in [1.54, 1.807) is 11.8 Å². The SMILES string of the molecule is C[C@]12C[C@H](c3ccc(OCCCCCSCCCC(F)(F)F)cc3)[C@@H]3c4ccc(O)cc4CC[C@H]3[C@@H]1CC[C@@H]2O. The summed E-state index contributed by atoms with van der Waals surface area (Å²) < 4.78 is 42.6. The minimum absolute atomic E-state index is 0.0634. The van der Waals surface area contributed by atoms with Crippen LogP contribution in [0.1, 0.15) is 93.2 Å². The Balaban J connectivity index is 1.17. The summed E-state index contributed by atoms with van der Waals surface area (Å²) in [7, 11) is 0. The summed E-state index contributed by atoms with van der Waals surface area (Å²) in [5.74, 6) is 4.44. The van der Waals surface area contributed by atoms with E-state index >= 15 is 0 Å². The summed E-state index contributed by atoms with van der Waals surface area (Å²) in [6, 6.07) is 14.5. The van der Waals surface area contributed by atoms with Crippen LogP contribution in [-0.4, -0.2) is 40.6 Å². The molecule has 7 heteroatoms. The van der Waals surface area contributed by atoms with Gasteiger partial charge < -0.3 is 14.9 Å². The van der Waals surface area contributed by atoms with Gasteiger partial charge in [-0.3, -0.25) is 0 Å². The molecule has 2 N–H and O–H groups in total. The van der Waals surface area contributed by atoms with Crippen LogP contribution in [0.3, 0.4) is 0 Å². The fraction of sp³-hybridized carbons (Fsp3) is 0.636. The van der Waals surface area contributed by atoms with Crippen molar-refractivity contribution in [3.63, 3.8) is 0 Å². The second kappa shape index (κ2) is 12.6. The van der Waals surface area contributed by atoms with E-state index in [4.69, 9.17) is 4.74 Å². The highest BCUT2D eigenvalue weighted by Gasteiger charge is 2.57. The molecular formula is C33H43F3O3S. The van der Waals surface area contributed by atoms with Gasteiger partial charge in [0.25, 0.3) is 0 Å². The maximum absolute atomic E-state index is 12.2. The Hall–Kier alpha value is -1.86. The first-order chi connectivity index (χ1) is 19.2. The molecule has 0 amide bonds. The van der Waals surface area contributed by atoms with Crippen LogP contribution < -0.4 is 4.74 Å². The molecule has 220 valence electrons. The molecule has 0 aliphatic heterocycles. The molecule has 0 spiro atoms. The molecule has 2 saturated carbocycles. The maximum Gasteiger partial charge on any atom is 0.389 e. The van der Waals surface area contributed by atoms with E-state index in [-0.39, 0.29) is 17.9 Å². The summed E-state index contributed by atoms with van der Waals surface area (Å²) in [6.45, 7) is 2.94. The minimum atomic E-state index is -4.04. The molecule has 6 atom stereocenters. The largest absolute Gasteiger partial charge is 0.508 e. The number of benzene rings is 2. The average Bonchev–Trinajstić information content (AvgIpc) is 3.22. The van der Waals surface area contributed by atoms with Gasteiger partial charge in [0.05, 0.1) is 12.7 Å². The van der Waals surface area contributed by atoms with Gasteiger partial charge >= 0.3 is 6.18 Å². The zero-order valence-corrected chi connectivity index (χ0v) is 24.3. The van der Waals surface area contributed by atoms with Crippen LogP contribution in [0.25, 0.3) is 0 Å². The predicted octanol–water partition coefficient (Wildman–Crippen LogP) is 8.63. The summed E-state index contributed by atoms with van der Waals surface area (Å²) >= 11 is 1.60. The standard InChI is InChI=1S/C33H43F3O3S/c1-32-21-28(31-26-13-9-24(37)20-23(26)8-12-27(31)29(32)14-15-30(32)38)22-6-10-25(11-7-22)39-17-3-2-4-18-40-19-5-16-33(34,35)36/h6-7,9-11,13,20,27-31,37-38H,2-5,8,12,14-19,21H2,1H3/t27-,28+,29-,30-,31+,32-/m0/s1. The molecule has 3 aliphatic rings. The molecule has 3 aliphatic carbocycles. The summed E-state index contributed by atoms with van der Waals surface area (Å²) in [6.07, 6.45) is 3.21. The highest BCUT2D eigenvalue weighted by atomic mass is 32.2. The normalized spacial score (nSPS) is 29.5. The number of hydrogen-bond donors (Lipinski definition) is 2. The molecule has 0 heterocycles. The zero-order valence-electron chi connectivity index (χ0n) is 23.5. The van der Waals surface area contributed by atoms with Crippen molar-refractivity contribution in [1.29, 1.82) is 0 Å². The van der Waals surface area contributed by atoms with E-state index in [0.29, 0.717) is 41.8 Å². The van der Waals surface area contributed by atoms with Gasteiger partial charge in [0.1, 0.15) is 11.5 Å². The molecule has 2 aromatic carbocycles. The van der Waals surface area contributed by atoms with Gasteiger partial charge in [-0.15, -0.1) is 0 Å². The first-order valence-electron chi connectivity index (χ1n) is 15.0. The third-order valence-electron chi connectivity index (χ3n) is 9.92. The fourth-order valence-corrected chi connectivity index (χ4v) is 8.92. The number of phenolic OH excluding ortho intramolecular Hbond substituents is 1. The maximum atomic E-state index is 12.2. The van der Waals surface area contributed by atoms with Crippen LogP contribution in [-0.2, 0) is 6.42 Å². The van der Waals surface area contributed by atoms with Gasteiger partial charge in [0, 0.05) is 6.42 Å². The lowest BCUT2D eigenvalue weighted by molar-refractivity contribution is -0.134. The van der Waals surface area contributed by atoms with Gasteiger partial charge in [0.15, 0.2) is 0 Å². The number of aliphatic hydroxyl groups is 1. The van der Waals surface area contributed by atoms with Gasteiger partial charge in [-0.05, 0) is 139 Å². The highest BCUT2D eigenvalue weighted by Crippen LogP contribution is 2.65. The number of aromatic hydroxyl groups is 1. The van der Waals surface area contributed by atoms with Crippen molar-refractivity contribution in [3.05, 3.63) is 59.2 Å². The van der Waals surface area contributed by atoms with Gasteiger partial charge in [0.2, 0.25) is 0 Å². The van der Waals surface area contributed by atoms with Gasteiger partial charge in [-0.1, -0.05) is 25.1 Å². The number of alkyl halides is 3. The number of aliphatic hydroxyl groups excluding tert-OH is 1.